The number of benzene rings is 2. The molecule has 2 aromatic rings. The molecular formula is C18H16Cl2N4O2. The van der Waals surface area contributed by atoms with E-state index in [9.17, 15) is 9.59 Å². The average Bonchev–Trinajstić information content (AvgIpc) is 2.64. The number of nitrogens with zero attached hydrogens (tertiary/aromatic N) is 1. The van der Waals surface area contributed by atoms with Crippen molar-refractivity contribution in [3.05, 3.63) is 70.2 Å². The quantitative estimate of drug-likeness (QED) is 0.515. The molecule has 2 aromatic carbocycles. The predicted octanol–water partition coefficient (Wildman–Crippen LogP) is 3.93. The van der Waals surface area contributed by atoms with Crippen molar-refractivity contribution in [3.8, 4) is 0 Å². The molecule has 0 bridgehead atoms. The minimum atomic E-state index is -0.550. The number of halogens is 2. The lowest BCUT2D eigenvalue weighted by molar-refractivity contribution is -0.120. The van der Waals surface area contributed by atoms with Gasteiger partial charge in [-0.15, -0.1) is 0 Å². The van der Waals surface area contributed by atoms with Crippen molar-refractivity contribution in [1.82, 2.24) is 10.7 Å². The van der Waals surface area contributed by atoms with Gasteiger partial charge in [-0.3, -0.25) is 4.79 Å². The molecule has 0 aliphatic heterocycles. The Labute approximate surface area is 160 Å². The van der Waals surface area contributed by atoms with Gasteiger partial charge < -0.3 is 10.6 Å². The second-order valence-corrected chi connectivity index (χ2v) is 5.83. The lowest BCUT2D eigenvalue weighted by Gasteiger charge is -2.07. The van der Waals surface area contributed by atoms with Crippen molar-refractivity contribution in [2.24, 2.45) is 5.10 Å². The van der Waals surface area contributed by atoms with Crippen molar-refractivity contribution in [2.45, 2.75) is 0 Å². The number of carbonyl (C=O) groups is 2. The van der Waals surface area contributed by atoms with Gasteiger partial charge in [-0.1, -0.05) is 59.6 Å². The molecule has 134 valence electrons. The maximum atomic E-state index is 11.7. The number of urea groups is 1. The highest BCUT2D eigenvalue weighted by atomic mass is 35.5. The Hall–Kier alpha value is -2.83. The summed E-state index contributed by atoms with van der Waals surface area (Å²) in [5.41, 5.74) is 3.78. The molecule has 3 N–H and O–H groups in total. The van der Waals surface area contributed by atoms with E-state index in [4.69, 9.17) is 23.2 Å². The summed E-state index contributed by atoms with van der Waals surface area (Å²) >= 11 is 11.7. The normalized spacial score (nSPS) is 10.8. The monoisotopic (exact) mass is 390 g/mol. The summed E-state index contributed by atoms with van der Waals surface area (Å²) in [6.07, 6.45) is 4.99. The summed E-state index contributed by atoms with van der Waals surface area (Å²) in [6, 6.07) is 13.8. The third-order valence-electron chi connectivity index (χ3n) is 3.03. The fraction of sp³-hybridized carbons (Fsp3) is 0.0556. The molecule has 3 amide bonds. The second-order valence-electron chi connectivity index (χ2n) is 5.02. The van der Waals surface area contributed by atoms with Crippen LogP contribution in [0.5, 0.6) is 0 Å². The summed E-state index contributed by atoms with van der Waals surface area (Å²) in [7, 11) is 0. The van der Waals surface area contributed by atoms with Gasteiger partial charge >= 0.3 is 6.03 Å². The van der Waals surface area contributed by atoms with Gasteiger partial charge in [-0.25, -0.2) is 10.2 Å². The Morgan fingerprint density at radius 2 is 1.81 bits per heavy atom. The highest BCUT2D eigenvalue weighted by molar-refractivity contribution is 6.42. The topological polar surface area (TPSA) is 82.6 Å². The predicted molar refractivity (Wildman–Crippen MR) is 106 cm³/mol. The van der Waals surface area contributed by atoms with E-state index in [1.807, 2.05) is 36.4 Å². The summed E-state index contributed by atoms with van der Waals surface area (Å²) < 4.78 is 0. The minimum absolute atomic E-state index is 0.229. The van der Waals surface area contributed by atoms with Crippen LogP contribution in [0.15, 0.2) is 59.7 Å². The van der Waals surface area contributed by atoms with Crippen LogP contribution < -0.4 is 16.1 Å². The SMILES string of the molecule is O=C(CNC(=O)Nc1ccc(Cl)c(Cl)c1)N/N=C\C=C/c1ccccc1. The van der Waals surface area contributed by atoms with Crippen LogP contribution in [0.4, 0.5) is 10.5 Å². The van der Waals surface area contributed by atoms with Crippen LogP contribution in [0.25, 0.3) is 6.08 Å². The number of allylic oxidation sites excluding steroid dienone is 1. The molecule has 26 heavy (non-hydrogen) atoms. The molecule has 8 heteroatoms. The first-order chi connectivity index (χ1) is 12.5. The van der Waals surface area contributed by atoms with Crippen molar-refractivity contribution in [2.75, 3.05) is 11.9 Å². The fourth-order valence-corrected chi connectivity index (χ4v) is 2.12. The Morgan fingerprint density at radius 1 is 1.04 bits per heavy atom. The molecule has 2 rings (SSSR count). The highest BCUT2D eigenvalue weighted by Gasteiger charge is 2.06. The molecule has 0 aliphatic rings. The Balaban J connectivity index is 1.69. The molecule has 0 unspecified atom stereocenters. The molecule has 0 heterocycles. The number of hydrogen-bond acceptors (Lipinski definition) is 3. The number of amides is 3. The number of carbonyl (C=O) groups excluding carboxylic acids is 2. The van der Waals surface area contributed by atoms with Gasteiger partial charge in [0, 0.05) is 11.9 Å². The summed E-state index contributed by atoms with van der Waals surface area (Å²) in [5, 5.41) is 9.40. The van der Waals surface area contributed by atoms with Gasteiger partial charge in [0.25, 0.3) is 5.91 Å². The van der Waals surface area contributed by atoms with Crippen LogP contribution in [0, 0.1) is 0 Å². The Morgan fingerprint density at radius 3 is 2.54 bits per heavy atom. The van der Waals surface area contributed by atoms with Crippen LogP contribution in [0.2, 0.25) is 10.0 Å². The number of hydrogen-bond donors (Lipinski definition) is 3. The maximum absolute atomic E-state index is 11.7. The van der Waals surface area contributed by atoms with Gasteiger partial charge in [-0.05, 0) is 29.8 Å². The van der Waals surface area contributed by atoms with Gasteiger partial charge in [0.05, 0.1) is 10.0 Å². The first-order valence-electron chi connectivity index (χ1n) is 7.58. The molecule has 6 nitrogen and oxygen atoms in total. The summed E-state index contributed by atoms with van der Waals surface area (Å²) in [6.45, 7) is -0.229. The zero-order valence-corrected chi connectivity index (χ0v) is 15.1. The number of rotatable bonds is 6. The van der Waals surface area contributed by atoms with Crippen molar-refractivity contribution < 1.29 is 9.59 Å². The zero-order valence-electron chi connectivity index (χ0n) is 13.6. The molecule has 0 saturated carbocycles. The smallest absolute Gasteiger partial charge is 0.319 e. The maximum Gasteiger partial charge on any atom is 0.319 e. The van der Waals surface area contributed by atoms with E-state index < -0.39 is 11.9 Å². The van der Waals surface area contributed by atoms with Gasteiger partial charge in [-0.2, -0.15) is 5.10 Å². The largest absolute Gasteiger partial charge is 0.329 e. The number of hydrazone groups is 1. The van der Waals surface area contributed by atoms with E-state index in [0.717, 1.165) is 5.56 Å². The standard InChI is InChI=1S/C18H16Cl2N4O2/c19-15-9-8-14(11-16(15)20)23-18(26)21-12-17(25)24-22-10-4-7-13-5-2-1-3-6-13/h1-11H,12H2,(H,24,25)(H2,21,23,26)/b7-4-,22-10-. The third kappa shape index (κ3) is 6.96. The molecule has 0 radical (unpaired) electrons. The Kier molecular flexibility index (Phi) is 7.67. The van der Waals surface area contributed by atoms with Crippen LogP contribution in [0.3, 0.4) is 0 Å². The molecule has 0 saturated heterocycles. The van der Waals surface area contributed by atoms with Gasteiger partial charge in [0.1, 0.15) is 6.54 Å². The summed E-state index contributed by atoms with van der Waals surface area (Å²) in [5.74, 6) is -0.460. The van der Waals surface area contributed by atoms with Crippen LogP contribution in [-0.2, 0) is 4.79 Å². The first-order valence-corrected chi connectivity index (χ1v) is 8.34. The third-order valence-corrected chi connectivity index (χ3v) is 3.76. The molecule has 0 aromatic heterocycles. The minimum Gasteiger partial charge on any atom is -0.329 e. The average molecular weight is 391 g/mol. The number of nitrogens with one attached hydrogen (secondary N) is 3. The summed E-state index contributed by atoms with van der Waals surface area (Å²) in [4.78, 5) is 23.3. The molecule has 0 aliphatic carbocycles. The zero-order chi connectivity index (χ0) is 18.8. The van der Waals surface area contributed by atoms with Crippen LogP contribution in [0.1, 0.15) is 5.56 Å². The first kappa shape index (κ1) is 19.5. The van der Waals surface area contributed by atoms with Crippen LogP contribution in [-0.4, -0.2) is 24.7 Å². The highest BCUT2D eigenvalue weighted by Crippen LogP contribution is 2.24. The van der Waals surface area contributed by atoms with E-state index in [1.165, 1.54) is 12.3 Å². The molecule has 0 atom stereocenters. The van der Waals surface area contributed by atoms with Gasteiger partial charge in [0.15, 0.2) is 0 Å². The van der Waals surface area contributed by atoms with Crippen LogP contribution >= 0.6 is 23.2 Å². The van der Waals surface area contributed by atoms with Crippen molar-refractivity contribution in [1.29, 1.82) is 0 Å². The molecule has 0 fully saturated rings. The van der Waals surface area contributed by atoms with E-state index >= 15 is 0 Å². The van der Waals surface area contributed by atoms with Crippen molar-refractivity contribution in [3.63, 3.8) is 0 Å². The molecule has 0 spiro atoms. The fourth-order valence-electron chi connectivity index (χ4n) is 1.82. The van der Waals surface area contributed by atoms with Gasteiger partial charge in [0.2, 0.25) is 0 Å². The molecular weight excluding hydrogens is 375 g/mol. The van der Waals surface area contributed by atoms with E-state index in [2.05, 4.69) is 21.2 Å². The van der Waals surface area contributed by atoms with E-state index in [-0.39, 0.29) is 6.54 Å². The lowest BCUT2D eigenvalue weighted by atomic mass is 10.2. The van der Waals surface area contributed by atoms with E-state index in [0.29, 0.717) is 15.7 Å². The number of anilines is 1. The second kappa shape index (κ2) is 10.2. The lowest BCUT2D eigenvalue weighted by Crippen LogP contribution is -2.37. The Bertz CT molecular complexity index is 823. The van der Waals surface area contributed by atoms with E-state index in [1.54, 1.807) is 18.2 Å². The van der Waals surface area contributed by atoms with Crippen molar-refractivity contribution >= 4 is 53.1 Å².